The monoisotopic (exact) mass is 338 g/mol. The third kappa shape index (κ3) is 3.02. The highest BCUT2D eigenvalue weighted by molar-refractivity contribution is 6.36. The van der Waals surface area contributed by atoms with Gasteiger partial charge < -0.3 is 0 Å². The van der Waals surface area contributed by atoms with Gasteiger partial charge in [-0.05, 0) is 29.5 Å². The van der Waals surface area contributed by atoms with Gasteiger partial charge in [-0.1, -0.05) is 53.0 Å². The Kier molecular flexibility index (Phi) is 4.10. The molecule has 3 rings (SSSR count). The Bertz CT molecular complexity index is 765. The van der Waals surface area contributed by atoms with Gasteiger partial charge in [0.05, 0.1) is 11.6 Å². The second-order valence-electron chi connectivity index (χ2n) is 4.32. The second-order valence-corrected chi connectivity index (χ2v) is 5.55. The van der Waals surface area contributed by atoms with Crippen molar-refractivity contribution in [3.05, 3.63) is 63.1 Å². The molecule has 0 amide bonds. The summed E-state index contributed by atoms with van der Waals surface area (Å²) >= 11 is 18.4. The summed E-state index contributed by atoms with van der Waals surface area (Å²) in [5.41, 5.74) is 1.49. The zero-order valence-corrected chi connectivity index (χ0v) is 12.9. The highest BCUT2D eigenvalue weighted by Gasteiger charge is 2.12. The largest absolute Gasteiger partial charge is 0.206 e. The molecule has 0 atom stereocenters. The molecule has 21 heavy (non-hydrogen) atoms. The Morgan fingerprint density at radius 1 is 0.857 bits per heavy atom. The Morgan fingerprint density at radius 2 is 1.52 bits per heavy atom. The lowest BCUT2D eigenvalue weighted by molar-refractivity contribution is 0.573. The number of benzene rings is 2. The SMILES string of the molecule is Clc1ccccc1-c1nnn(Cc2c(Cl)cccc2Cl)n1. The van der Waals surface area contributed by atoms with Crippen molar-refractivity contribution in [3.63, 3.8) is 0 Å². The van der Waals surface area contributed by atoms with Crippen LogP contribution in [-0.2, 0) is 6.54 Å². The summed E-state index contributed by atoms with van der Waals surface area (Å²) in [4.78, 5) is 1.44. The first-order valence-electron chi connectivity index (χ1n) is 6.11. The van der Waals surface area contributed by atoms with Crippen molar-refractivity contribution in [2.24, 2.45) is 0 Å². The fraction of sp³-hybridized carbons (Fsp3) is 0.0714. The third-order valence-corrected chi connectivity index (χ3v) is 3.97. The number of tetrazole rings is 1. The maximum Gasteiger partial charge on any atom is 0.206 e. The topological polar surface area (TPSA) is 43.6 Å². The van der Waals surface area contributed by atoms with Crippen LogP contribution < -0.4 is 0 Å². The number of halogens is 3. The van der Waals surface area contributed by atoms with Crippen molar-refractivity contribution in [1.82, 2.24) is 20.2 Å². The van der Waals surface area contributed by atoms with Crippen LogP contribution in [0.15, 0.2) is 42.5 Å². The maximum absolute atomic E-state index is 6.13. The van der Waals surface area contributed by atoms with E-state index < -0.39 is 0 Å². The molecule has 0 aliphatic heterocycles. The van der Waals surface area contributed by atoms with E-state index in [1.165, 1.54) is 4.80 Å². The van der Waals surface area contributed by atoms with Crippen molar-refractivity contribution in [3.8, 4) is 11.4 Å². The van der Waals surface area contributed by atoms with Crippen molar-refractivity contribution >= 4 is 34.8 Å². The Balaban J connectivity index is 1.91. The van der Waals surface area contributed by atoms with Crippen LogP contribution in [0.5, 0.6) is 0 Å². The summed E-state index contributed by atoms with van der Waals surface area (Å²) in [6.45, 7) is 0.343. The number of hydrogen-bond donors (Lipinski definition) is 0. The minimum atomic E-state index is 0.343. The molecule has 3 aromatic rings. The van der Waals surface area contributed by atoms with E-state index >= 15 is 0 Å². The molecule has 0 spiro atoms. The fourth-order valence-electron chi connectivity index (χ4n) is 1.89. The summed E-state index contributed by atoms with van der Waals surface area (Å²) in [6, 6.07) is 12.7. The average Bonchev–Trinajstić information content (AvgIpc) is 2.92. The Hall–Kier alpha value is -1.62. The number of rotatable bonds is 3. The van der Waals surface area contributed by atoms with Gasteiger partial charge in [0.25, 0.3) is 0 Å². The first kappa shape index (κ1) is 14.3. The van der Waals surface area contributed by atoms with Crippen molar-refractivity contribution < 1.29 is 0 Å². The standard InChI is InChI=1S/C14H9Cl3N4/c15-11-5-2-1-4-9(11)14-18-20-21(19-14)8-10-12(16)6-3-7-13(10)17/h1-7H,8H2. The predicted octanol–water partition coefficient (Wildman–Crippen LogP) is 4.35. The van der Waals surface area contributed by atoms with Gasteiger partial charge in [0.15, 0.2) is 0 Å². The molecule has 0 unspecified atom stereocenters. The third-order valence-electron chi connectivity index (χ3n) is 2.93. The van der Waals surface area contributed by atoms with Gasteiger partial charge in [0.2, 0.25) is 5.82 Å². The zero-order chi connectivity index (χ0) is 14.8. The molecule has 2 aromatic carbocycles. The summed E-state index contributed by atoms with van der Waals surface area (Å²) in [7, 11) is 0. The Morgan fingerprint density at radius 3 is 2.24 bits per heavy atom. The minimum Gasteiger partial charge on any atom is -0.159 e. The van der Waals surface area contributed by atoms with Crippen LogP contribution in [0.2, 0.25) is 15.1 Å². The second kappa shape index (κ2) is 6.02. The van der Waals surface area contributed by atoms with Crippen LogP contribution in [-0.4, -0.2) is 20.2 Å². The smallest absolute Gasteiger partial charge is 0.159 e. The van der Waals surface area contributed by atoms with E-state index in [4.69, 9.17) is 34.8 Å². The van der Waals surface area contributed by atoms with Gasteiger partial charge in [0.1, 0.15) is 0 Å². The normalized spacial score (nSPS) is 10.8. The van der Waals surface area contributed by atoms with Crippen molar-refractivity contribution in [2.75, 3.05) is 0 Å². The maximum atomic E-state index is 6.13. The molecular weight excluding hydrogens is 331 g/mol. The van der Waals surface area contributed by atoms with Crippen LogP contribution in [0.25, 0.3) is 11.4 Å². The van der Waals surface area contributed by atoms with Gasteiger partial charge in [-0.25, -0.2) is 0 Å². The first-order chi connectivity index (χ1) is 10.1. The van der Waals surface area contributed by atoms with E-state index in [1.54, 1.807) is 24.3 Å². The lowest BCUT2D eigenvalue weighted by atomic mass is 10.2. The summed E-state index contributed by atoms with van der Waals surface area (Å²) in [5, 5.41) is 14.1. The van der Waals surface area contributed by atoms with Crippen LogP contribution in [0.1, 0.15) is 5.56 Å². The molecule has 0 radical (unpaired) electrons. The van der Waals surface area contributed by atoms with Crippen molar-refractivity contribution in [2.45, 2.75) is 6.54 Å². The van der Waals surface area contributed by atoms with Crippen LogP contribution in [0.4, 0.5) is 0 Å². The molecule has 106 valence electrons. The van der Waals surface area contributed by atoms with E-state index in [1.807, 2.05) is 18.2 Å². The van der Waals surface area contributed by atoms with Crippen LogP contribution in [0.3, 0.4) is 0 Å². The van der Waals surface area contributed by atoms with E-state index in [2.05, 4.69) is 15.4 Å². The van der Waals surface area contributed by atoms with Gasteiger partial charge in [-0.3, -0.25) is 0 Å². The van der Waals surface area contributed by atoms with Crippen LogP contribution in [0, 0.1) is 0 Å². The quantitative estimate of drug-likeness (QED) is 0.712. The average molecular weight is 340 g/mol. The molecule has 1 heterocycles. The summed E-state index contributed by atoms with van der Waals surface area (Å²) in [6.07, 6.45) is 0. The molecule has 0 saturated carbocycles. The van der Waals surface area contributed by atoms with Gasteiger partial charge in [0, 0.05) is 21.2 Å². The molecule has 0 aliphatic carbocycles. The first-order valence-corrected chi connectivity index (χ1v) is 7.24. The molecule has 0 saturated heterocycles. The van der Waals surface area contributed by atoms with E-state index in [0.29, 0.717) is 27.4 Å². The van der Waals surface area contributed by atoms with Gasteiger partial charge >= 0.3 is 0 Å². The highest BCUT2D eigenvalue weighted by Crippen LogP contribution is 2.26. The molecule has 0 aliphatic rings. The van der Waals surface area contributed by atoms with E-state index in [-0.39, 0.29) is 0 Å². The van der Waals surface area contributed by atoms with Gasteiger partial charge in [-0.15, -0.1) is 10.2 Å². The lowest BCUT2D eigenvalue weighted by Crippen LogP contribution is -2.05. The molecule has 7 heteroatoms. The fourth-order valence-corrected chi connectivity index (χ4v) is 2.62. The molecule has 0 N–H and O–H groups in total. The highest BCUT2D eigenvalue weighted by atomic mass is 35.5. The van der Waals surface area contributed by atoms with Crippen LogP contribution >= 0.6 is 34.8 Å². The zero-order valence-electron chi connectivity index (χ0n) is 10.7. The lowest BCUT2D eigenvalue weighted by Gasteiger charge is -2.05. The molecule has 4 nitrogen and oxygen atoms in total. The molecule has 0 bridgehead atoms. The molecular formula is C14H9Cl3N4. The van der Waals surface area contributed by atoms with Crippen molar-refractivity contribution in [1.29, 1.82) is 0 Å². The van der Waals surface area contributed by atoms with E-state index in [9.17, 15) is 0 Å². The number of nitrogens with zero attached hydrogens (tertiary/aromatic N) is 4. The van der Waals surface area contributed by atoms with Gasteiger partial charge in [-0.2, -0.15) is 4.80 Å². The van der Waals surface area contributed by atoms with E-state index in [0.717, 1.165) is 11.1 Å². The predicted molar refractivity (Wildman–Crippen MR) is 83.8 cm³/mol. The molecule has 0 fully saturated rings. The Labute approximate surface area is 136 Å². The summed E-state index contributed by atoms with van der Waals surface area (Å²) in [5.74, 6) is 0.462. The number of aromatic nitrogens is 4. The molecule has 1 aromatic heterocycles. The summed E-state index contributed by atoms with van der Waals surface area (Å²) < 4.78 is 0. The minimum absolute atomic E-state index is 0.343. The number of hydrogen-bond acceptors (Lipinski definition) is 3.